The second-order valence-electron chi connectivity index (χ2n) is 2.76. The highest BCUT2D eigenvalue weighted by Crippen LogP contribution is 2.23. The Balaban J connectivity index is 2.47. The summed E-state index contributed by atoms with van der Waals surface area (Å²) in [6.07, 6.45) is 0. The molecule has 0 bridgehead atoms. The number of thiazole rings is 1. The van der Waals surface area contributed by atoms with Crippen LogP contribution in [-0.4, -0.2) is 4.98 Å². The average Bonchev–Trinajstić information content (AvgIpc) is 2.65. The van der Waals surface area contributed by atoms with Gasteiger partial charge in [0, 0.05) is 10.9 Å². The van der Waals surface area contributed by atoms with Gasteiger partial charge in [0.25, 0.3) is 0 Å². The van der Waals surface area contributed by atoms with Gasteiger partial charge in [0.15, 0.2) is 5.13 Å². The first kappa shape index (κ1) is 8.73. The molecule has 0 atom stereocenters. The number of aromatic nitrogens is 1. The second kappa shape index (κ2) is 3.48. The van der Waals surface area contributed by atoms with E-state index in [4.69, 9.17) is 11.0 Å². The lowest BCUT2D eigenvalue weighted by molar-refractivity contribution is 1.40. The van der Waals surface area contributed by atoms with Crippen molar-refractivity contribution >= 4 is 16.5 Å². The molecule has 1 heterocycles. The first-order valence-electron chi connectivity index (χ1n) is 4.01. The minimum Gasteiger partial charge on any atom is -0.375 e. The molecule has 0 aliphatic heterocycles. The maximum atomic E-state index is 8.72. The summed E-state index contributed by atoms with van der Waals surface area (Å²) >= 11 is 1.40. The van der Waals surface area contributed by atoms with Gasteiger partial charge in [-0.25, -0.2) is 4.98 Å². The fourth-order valence-electron chi connectivity index (χ4n) is 1.17. The van der Waals surface area contributed by atoms with Crippen molar-refractivity contribution in [3.8, 4) is 17.3 Å². The standard InChI is InChI=1S/C10H7N3S/c11-5-7-2-1-3-8(4-7)9-6-14-10(12)13-9/h1-4,6H,(H2,12,13). The van der Waals surface area contributed by atoms with Crippen LogP contribution in [0.4, 0.5) is 5.13 Å². The zero-order valence-corrected chi connectivity index (χ0v) is 8.08. The molecule has 0 spiro atoms. The molecule has 0 aliphatic carbocycles. The van der Waals surface area contributed by atoms with E-state index < -0.39 is 0 Å². The molecule has 0 aliphatic rings. The van der Waals surface area contributed by atoms with Crippen LogP contribution in [0.3, 0.4) is 0 Å². The molecule has 1 aromatic carbocycles. The third kappa shape index (κ3) is 1.58. The summed E-state index contributed by atoms with van der Waals surface area (Å²) in [4.78, 5) is 4.14. The van der Waals surface area contributed by atoms with Gasteiger partial charge in [-0.15, -0.1) is 11.3 Å². The summed E-state index contributed by atoms with van der Waals surface area (Å²) in [7, 11) is 0. The van der Waals surface area contributed by atoms with E-state index in [1.54, 1.807) is 12.1 Å². The number of rotatable bonds is 1. The van der Waals surface area contributed by atoms with Crippen molar-refractivity contribution in [2.24, 2.45) is 0 Å². The van der Waals surface area contributed by atoms with Crippen molar-refractivity contribution in [1.82, 2.24) is 4.98 Å². The molecule has 0 radical (unpaired) electrons. The Morgan fingerprint density at radius 2 is 2.29 bits per heavy atom. The number of nitriles is 1. The van der Waals surface area contributed by atoms with E-state index in [0.29, 0.717) is 10.7 Å². The van der Waals surface area contributed by atoms with E-state index in [1.165, 1.54) is 11.3 Å². The topological polar surface area (TPSA) is 62.7 Å². The molecule has 14 heavy (non-hydrogen) atoms. The Hall–Kier alpha value is -1.86. The van der Waals surface area contributed by atoms with Crippen molar-refractivity contribution in [1.29, 1.82) is 5.26 Å². The van der Waals surface area contributed by atoms with Crippen LogP contribution in [0.5, 0.6) is 0 Å². The van der Waals surface area contributed by atoms with Gasteiger partial charge in [0.05, 0.1) is 17.3 Å². The lowest BCUT2D eigenvalue weighted by Crippen LogP contribution is -1.83. The summed E-state index contributed by atoms with van der Waals surface area (Å²) in [5, 5.41) is 11.1. The van der Waals surface area contributed by atoms with E-state index in [-0.39, 0.29) is 0 Å². The van der Waals surface area contributed by atoms with Crippen LogP contribution < -0.4 is 5.73 Å². The first-order valence-corrected chi connectivity index (χ1v) is 4.89. The maximum Gasteiger partial charge on any atom is 0.180 e. The molecule has 4 heteroatoms. The van der Waals surface area contributed by atoms with Crippen LogP contribution >= 0.6 is 11.3 Å². The average molecular weight is 201 g/mol. The summed E-state index contributed by atoms with van der Waals surface area (Å²) < 4.78 is 0. The van der Waals surface area contributed by atoms with E-state index >= 15 is 0 Å². The molecule has 68 valence electrons. The summed E-state index contributed by atoms with van der Waals surface area (Å²) in [6.45, 7) is 0. The Bertz CT molecular complexity index is 496. The highest BCUT2D eigenvalue weighted by Gasteiger charge is 2.02. The quantitative estimate of drug-likeness (QED) is 0.769. The zero-order valence-electron chi connectivity index (χ0n) is 7.27. The Labute approximate surface area is 85.4 Å². The van der Waals surface area contributed by atoms with Crippen molar-refractivity contribution in [2.45, 2.75) is 0 Å². The maximum absolute atomic E-state index is 8.72. The largest absolute Gasteiger partial charge is 0.375 e. The van der Waals surface area contributed by atoms with Gasteiger partial charge in [-0.05, 0) is 12.1 Å². The smallest absolute Gasteiger partial charge is 0.180 e. The molecule has 1 aromatic heterocycles. The van der Waals surface area contributed by atoms with Crippen LogP contribution in [0, 0.1) is 11.3 Å². The van der Waals surface area contributed by atoms with Gasteiger partial charge in [-0.2, -0.15) is 5.26 Å². The normalized spacial score (nSPS) is 9.64. The molecule has 0 unspecified atom stereocenters. The van der Waals surface area contributed by atoms with Gasteiger partial charge in [0.2, 0.25) is 0 Å². The predicted octanol–water partition coefficient (Wildman–Crippen LogP) is 2.26. The predicted molar refractivity (Wildman–Crippen MR) is 56.7 cm³/mol. The van der Waals surface area contributed by atoms with Crippen molar-refractivity contribution in [3.63, 3.8) is 0 Å². The summed E-state index contributed by atoms with van der Waals surface area (Å²) in [6, 6.07) is 9.40. The van der Waals surface area contributed by atoms with E-state index in [1.807, 2.05) is 17.5 Å². The lowest BCUT2D eigenvalue weighted by Gasteiger charge is -1.95. The van der Waals surface area contributed by atoms with Crippen molar-refractivity contribution < 1.29 is 0 Å². The number of nitrogen functional groups attached to an aromatic ring is 1. The monoisotopic (exact) mass is 201 g/mol. The minimum atomic E-state index is 0.544. The highest BCUT2D eigenvalue weighted by atomic mass is 32.1. The molecule has 3 nitrogen and oxygen atoms in total. The van der Waals surface area contributed by atoms with Gasteiger partial charge in [0.1, 0.15) is 0 Å². The highest BCUT2D eigenvalue weighted by molar-refractivity contribution is 7.13. The number of nitrogens with zero attached hydrogens (tertiary/aromatic N) is 2. The molecule has 2 aromatic rings. The Morgan fingerprint density at radius 3 is 2.93 bits per heavy atom. The Kier molecular flexibility index (Phi) is 2.17. The molecule has 0 saturated carbocycles. The SMILES string of the molecule is N#Cc1cccc(-c2csc(N)n2)c1. The molecule has 0 fully saturated rings. The van der Waals surface area contributed by atoms with Crippen LogP contribution in [0.25, 0.3) is 11.3 Å². The second-order valence-corrected chi connectivity index (χ2v) is 3.65. The molecular formula is C10H7N3S. The number of benzene rings is 1. The molecule has 0 amide bonds. The van der Waals surface area contributed by atoms with Crippen molar-refractivity contribution in [3.05, 3.63) is 35.2 Å². The molecule has 2 N–H and O–H groups in total. The Morgan fingerprint density at radius 1 is 1.43 bits per heavy atom. The zero-order chi connectivity index (χ0) is 9.97. The van der Waals surface area contributed by atoms with Crippen LogP contribution in [0.1, 0.15) is 5.56 Å². The first-order chi connectivity index (χ1) is 6.79. The molecule has 0 saturated heterocycles. The van der Waals surface area contributed by atoms with Crippen molar-refractivity contribution in [2.75, 3.05) is 5.73 Å². The summed E-state index contributed by atoms with van der Waals surface area (Å²) in [5.74, 6) is 0. The number of anilines is 1. The van der Waals surface area contributed by atoms with Gasteiger partial charge >= 0.3 is 0 Å². The van der Waals surface area contributed by atoms with Crippen LogP contribution in [0.2, 0.25) is 0 Å². The third-order valence-electron chi connectivity index (χ3n) is 1.81. The van der Waals surface area contributed by atoms with Crippen LogP contribution in [-0.2, 0) is 0 Å². The fourth-order valence-corrected chi connectivity index (χ4v) is 1.74. The van der Waals surface area contributed by atoms with Gasteiger partial charge in [-0.1, -0.05) is 12.1 Å². The lowest BCUT2D eigenvalue weighted by atomic mass is 10.1. The number of hydrogen-bond acceptors (Lipinski definition) is 4. The number of nitrogens with two attached hydrogens (primary N) is 1. The third-order valence-corrected chi connectivity index (χ3v) is 2.48. The van der Waals surface area contributed by atoms with Crippen LogP contribution in [0.15, 0.2) is 29.6 Å². The molecular weight excluding hydrogens is 194 g/mol. The molecule has 2 rings (SSSR count). The van der Waals surface area contributed by atoms with E-state index in [2.05, 4.69) is 11.1 Å². The summed E-state index contributed by atoms with van der Waals surface area (Å²) in [5.41, 5.74) is 7.91. The van der Waals surface area contributed by atoms with Gasteiger partial charge in [-0.3, -0.25) is 0 Å². The van der Waals surface area contributed by atoms with E-state index in [0.717, 1.165) is 11.3 Å². The fraction of sp³-hybridized carbons (Fsp3) is 0. The minimum absolute atomic E-state index is 0.544. The van der Waals surface area contributed by atoms with E-state index in [9.17, 15) is 0 Å². The van der Waals surface area contributed by atoms with Gasteiger partial charge < -0.3 is 5.73 Å². The number of hydrogen-bond donors (Lipinski definition) is 1.